The number of hydrogen-bond acceptors (Lipinski definition) is 5. The summed E-state index contributed by atoms with van der Waals surface area (Å²) in [5, 5.41) is 4.61. The van der Waals surface area contributed by atoms with Crippen LogP contribution in [0, 0.1) is 13.8 Å². The van der Waals surface area contributed by atoms with Gasteiger partial charge in [-0.15, -0.1) is 0 Å². The Hall–Kier alpha value is -2.25. The molecule has 1 aliphatic rings. The molecule has 0 aliphatic heterocycles. The van der Waals surface area contributed by atoms with Gasteiger partial charge in [0.15, 0.2) is 0 Å². The van der Waals surface area contributed by atoms with E-state index in [4.69, 9.17) is 4.52 Å². The summed E-state index contributed by atoms with van der Waals surface area (Å²) in [7, 11) is -3.71. The molecule has 2 aromatic heterocycles. The summed E-state index contributed by atoms with van der Waals surface area (Å²) in [4.78, 5) is 4.64. The van der Waals surface area contributed by atoms with Crippen molar-refractivity contribution in [3.63, 3.8) is 0 Å². The maximum atomic E-state index is 13.3. The molecule has 6 nitrogen and oxygen atoms in total. The molecule has 0 radical (unpaired) electrons. The van der Waals surface area contributed by atoms with Gasteiger partial charge in [0, 0.05) is 22.7 Å². The monoisotopic (exact) mass is 385 g/mol. The summed E-state index contributed by atoms with van der Waals surface area (Å²) < 4.78 is 34.9. The molecule has 7 heteroatoms. The lowest BCUT2D eigenvalue weighted by molar-refractivity contribution is 0.393. The first-order chi connectivity index (χ1) is 12.8. The fraction of sp³-hybridized carbons (Fsp3) is 0.400. The normalized spacial score (nSPS) is 16.9. The van der Waals surface area contributed by atoms with E-state index in [-0.39, 0.29) is 4.90 Å². The molecule has 1 aliphatic carbocycles. The summed E-state index contributed by atoms with van der Waals surface area (Å²) in [6, 6.07) is 7.15. The van der Waals surface area contributed by atoms with Gasteiger partial charge in [0.1, 0.15) is 5.76 Å². The largest absolute Gasteiger partial charge is 0.361 e. The fourth-order valence-corrected chi connectivity index (χ4v) is 5.75. The topological polar surface area (TPSA) is 85.1 Å². The van der Waals surface area contributed by atoms with Gasteiger partial charge < -0.3 is 4.52 Å². The first-order valence-corrected chi connectivity index (χ1v) is 10.6. The van der Waals surface area contributed by atoms with E-state index in [9.17, 15) is 8.42 Å². The summed E-state index contributed by atoms with van der Waals surface area (Å²) >= 11 is 0. The van der Waals surface area contributed by atoms with Crippen molar-refractivity contribution in [3.05, 3.63) is 41.9 Å². The SMILES string of the molecule is Cc1noc(C)c1-c1cc(S(=O)(=O)NC2(C)CCCC2)c2cccnc2c1. The number of aryl methyl sites for hydroxylation is 2. The highest BCUT2D eigenvalue weighted by atomic mass is 32.2. The van der Waals surface area contributed by atoms with Gasteiger partial charge in [-0.25, -0.2) is 13.1 Å². The number of fused-ring (bicyclic) bond motifs is 1. The molecule has 1 saturated carbocycles. The predicted molar refractivity (Wildman–Crippen MR) is 104 cm³/mol. The molecule has 2 heterocycles. The highest BCUT2D eigenvalue weighted by Crippen LogP contribution is 2.35. The van der Waals surface area contributed by atoms with Crippen LogP contribution >= 0.6 is 0 Å². The van der Waals surface area contributed by atoms with Crippen LogP contribution in [-0.4, -0.2) is 24.1 Å². The predicted octanol–water partition coefficient (Wildman–Crippen LogP) is 4.12. The lowest BCUT2D eigenvalue weighted by Gasteiger charge is -2.25. The lowest BCUT2D eigenvalue weighted by Crippen LogP contribution is -2.43. The van der Waals surface area contributed by atoms with Gasteiger partial charge in [0.2, 0.25) is 10.0 Å². The summed E-state index contributed by atoms with van der Waals surface area (Å²) in [6.07, 6.45) is 5.46. The van der Waals surface area contributed by atoms with Gasteiger partial charge in [-0.05, 0) is 63.4 Å². The Kier molecular flexibility index (Phi) is 4.31. The molecule has 3 aromatic rings. The maximum absolute atomic E-state index is 13.3. The van der Waals surface area contributed by atoms with E-state index in [0.29, 0.717) is 16.7 Å². The zero-order chi connectivity index (χ0) is 19.2. The summed E-state index contributed by atoms with van der Waals surface area (Å²) in [5.41, 5.74) is 2.51. The second-order valence-electron chi connectivity index (χ2n) is 7.62. The average Bonchev–Trinajstić information content (AvgIpc) is 3.18. The Labute approximate surface area is 159 Å². The average molecular weight is 385 g/mol. The van der Waals surface area contributed by atoms with Crippen molar-refractivity contribution >= 4 is 20.9 Å². The van der Waals surface area contributed by atoms with Crippen molar-refractivity contribution in [1.82, 2.24) is 14.9 Å². The van der Waals surface area contributed by atoms with Crippen molar-refractivity contribution in [2.24, 2.45) is 0 Å². The van der Waals surface area contributed by atoms with Crippen LogP contribution in [0.1, 0.15) is 44.1 Å². The number of pyridine rings is 1. The Morgan fingerprint density at radius 1 is 1.19 bits per heavy atom. The molecule has 0 bridgehead atoms. The lowest BCUT2D eigenvalue weighted by atomic mass is 10.0. The molecule has 1 aromatic carbocycles. The van der Waals surface area contributed by atoms with Crippen LogP contribution in [0.25, 0.3) is 22.0 Å². The third-order valence-corrected chi connectivity index (χ3v) is 7.06. The number of nitrogens with one attached hydrogen (secondary N) is 1. The van der Waals surface area contributed by atoms with Crippen LogP contribution in [0.3, 0.4) is 0 Å². The van der Waals surface area contributed by atoms with Crippen molar-refractivity contribution in [2.75, 3.05) is 0 Å². The second-order valence-corrected chi connectivity index (χ2v) is 9.27. The third kappa shape index (κ3) is 3.26. The zero-order valence-electron chi connectivity index (χ0n) is 15.7. The van der Waals surface area contributed by atoms with Gasteiger partial charge >= 0.3 is 0 Å². The minimum Gasteiger partial charge on any atom is -0.361 e. The minimum atomic E-state index is -3.71. The molecule has 27 heavy (non-hydrogen) atoms. The second kappa shape index (κ2) is 6.42. The van der Waals surface area contributed by atoms with Crippen LogP contribution in [0.2, 0.25) is 0 Å². The van der Waals surface area contributed by atoms with E-state index in [1.807, 2.05) is 26.8 Å². The van der Waals surface area contributed by atoms with Crippen molar-refractivity contribution in [2.45, 2.75) is 56.9 Å². The molecule has 142 valence electrons. The molecular formula is C20H23N3O3S. The first-order valence-electron chi connectivity index (χ1n) is 9.15. The van der Waals surface area contributed by atoms with Crippen LogP contribution in [0.4, 0.5) is 0 Å². The molecule has 1 N–H and O–H groups in total. The summed E-state index contributed by atoms with van der Waals surface area (Å²) in [5.74, 6) is 0.654. The van der Waals surface area contributed by atoms with Gasteiger partial charge in [0.25, 0.3) is 0 Å². The van der Waals surface area contributed by atoms with Crippen molar-refractivity contribution in [1.29, 1.82) is 0 Å². The fourth-order valence-electron chi connectivity index (χ4n) is 4.05. The summed E-state index contributed by atoms with van der Waals surface area (Å²) in [6.45, 7) is 5.65. The Bertz CT molecular complexity index is 1090. The van der Waals surface area contributed by atoms with Crippen molar-refractivity contribution in [3.8, 4) is 11.1 Å². The zero-order valence-corrected chi connectivity index (χ0v) is 16.6. The highest BCUT2D eigenvalue weighted by Gasteiger charge is 2.34. The third-order valence-electron chi connectivity index (χ3n) is 5.38. The molecule has 0 unspecified atom stereocenters. The minimum absolute atomic E-state index is 0.247. The molecular weight excluding hydrogens is 362 g/mol. The van der Waals surface area contributed by atoms with Crippen LogP contribution in [-0.2, 0) is 10.0 Å². The van der Waals surface area contributed by atoms with Gasteiger partial charge in [-0.1, -0.05) is 18.0 Å². The number of hydrogen-bond donors (Lipinski definition) is 1. The molecule has 0 saturated heterocycles. The Morgan fingerprint density at radius 3 is 2.59 bits per heavy atom. The van der Waals surface area contributed by atoms with Crippen molar-refractivity contribution < 1.29 is 12.9 Å². The smallest absolute Gasteiger partial charge is 0.241 e. The van der Waals surface area contributed by atoms with Crippen LogP contribution < -0.4 is 4.72 Å². The maximum Gasteiger partial charge on any atom is 0.241 e. The van der Waals surface area contributed by atoms with E-state index >= 15 is 0 Å². The van der Waals surface area contributed by atoms with E-state index < -0.39 is 15.6 Å². The molecule has 0 atom stereocenters. The number of nitrogens with zero attached hydrogens (tertiary/aromatic N) is 2. The van der Waals surface area contributed by atoms with E-state index in [1.165, 1.54) is 0 Å². The molecule has 4 rings (SSSR count). The van der Waals surface area contributed by atoms with Gasteiger partial charge in [-0.3, -0.25) is 4.98 Å². The molecule has 0 spiro atoms. The van der Waals surface area contributed by atoms with E-state index in [0.717, 1.165) is 42.5 Å². The number of aromatic nitrogens is 2. The number of benzene rings is 1. The Morgan fingerprint density at radius 2 is 1.93 bits per heavy atom. The van der Waals surface area contributed by atoms with Gasteiger partial charge in [0.05, 0.1) is 16.1 Å². The quantitative estimate of drug-likeness (QED) is 0.730. The van der Waals surface area contributed by atoms with E-state index in [2.05, 4.69) is 14.9 Å². The number of sulfonamides is 1. The highest BCUT2D eigenvalue weighted by molar-refractivity contribution is 7.89. The molecule has 0 amide bonds. The van der Waals surface area contributed by atoms with Crippen LogP contribution in [0.5, 0.6) is 0 Å². The number of rotatable bonds is 4. The van der Waals surface area contributed by atoms with Gasteiger partial charge in [-0.2, -0.15) is 0 Å². The standard InChI is InChI=1S/C20H23N3O3S/c1-13-19(14(2)26-22-13)15-11-17-16(7-6-10-21-17)18(12-15)27(24,25)23-20(3)8-4-5-9-20/h6-7,10-12,23H,4-5,8-9H2,1-3H3. The first kappa shape index (κ1) is 18.1. The van der Waals surface area contributed by atoms with Crippen LogP contribution in [0.15, 0.2) is 39.9 Å². The van der Waals surface area contributed by atoms with E-state index in [1.54, 1.807) is 24.4 Å². The molecule has 1 fully saturated rings. The Balaban J connectivity index is 1.91.